The fraction of sp³-hybridized carbons (Fsp3) is 0.646. The molecule has 5 aliphatic carbocycles. The average Bonchev–Trinajstić information content (AvgIpc) is 3.68. The number of carboxylic acid groups (broad SMARTS) is 1. The first-order valence-electron chi connectivity index (χ1n) is 21.8. The Morgan fingerprint density at radius 3 is 2.25 bits per heavy atom. The third-order valence-corrected chi connectivity index (χ3v) is 15.6. The summed E-state index contributed by atoms with van der Waals surface area (Å²) >= 11 is 0. The third-order valence-electron chi connectivity index (χ3n) is 15.6. The van der Waals surface area contributed by atoms with E-state index in [1.165, 1.54) is 56.3 Å². The highest BCUT2D eigenvalue weighted by Gasteiger charge is 2.59. The van der Waals surface area contributed by atoms with Crippen LogP contribution in [0.2, 0.25) is 0 Å². The Kier molecular flexibility index (Phi) is 11.9. The van der Waals surface area contributed by atoms with E-state index in [4.69, 9.17) is 0 Å². The Hall–Kier alpha value is -3.61. The minimum Gasteiger partial charge on any atom is -0.465 e. The number of nitrogens with zero attached hydrogens (tertiary/aromatic N) is 1. The number of rotatable bonds is 14. The molecule has 0 bridgehead atoms. The van der Waals surface area contributed by atoms with Crippen molar-refractivity contribution >= 4 is 17.9 Å². The van der Waals surface area contributed by atoms with Crippen molar-refractivity contribution in [2.24, 2.45) is 46.3 Å². The van der Waals surface area contributed by atoms with Crippen molar-refractivity contribution in [1.82, 2.24) is 15.5 Å². The van der Waals surface area contributed by atoms with Crippen molar-refractivity contribution in [3.63, 3.8) is 0 Å². The Morgan fingerprint density at radius 1 is 0.855 bits per heavy atom. The van der Waals surface area contributed by atoms with E-state index in [-0.39, 0.29) is 61.7 Å². The lowest BCUT2D eigenvalue weighted by atomic mass is 9.47. The number of nitrogens with one attached hydrogen (secondary N) is 2. The van der Waals surface area contributed by atoms with Gasteiger partial charge < -0.3 is 20.6 Å². The maximum absolute atomic E-state index is 13.1. The molecule has 2 aromatic carbocycles. The van der Waals surface area contributed by atoms with Crippen molar-refractivity contribution in [3.8, 4) is 11.1 Å². The van der Waals surface area contributed by atoms with Crippen molar-refractivity contribution in [3.05, 3.63) is 71.3 Å². The van der Waals surface area contributed by atoms with E-state index >= 15 is 0 Å². The number of carbonyl (C=O) groups is 3. The number of hydrogen-bond donors (Lipinski definition) is 3. The first-order valence-corrected chi connectivity index (χ1v) is 21.8. The average molecular weight is 750 g/mol. The van der Waals surface area contributed by atoms with Crippen LogP contribution in [0, 0.1) is 46.3 Å². The zero-order valence-corrected chi connectivity index (χ0v) is 34.2. The number of allylic oxidation sites excluding steroid dienone is 1. The summed E-state index contributed by atoms with van der Waals surface area (Å²) in [6.45, 7) is 13.1. The predicted octanol–water partition coefficient (Wildman–Crippen LogP) is 10.2. The Balaban J connectivity index is 0.859. The van der Waals surface area contributed by atoms with Crippen LogP contribution in [0.5, 0.6) is 0 Å². The second-order valence-corrected chi connectivity index (χ2v) is 19.1. The summed E-state index contributed by atoms with van der Waals surface area (Å²) < 4.78 is 0. The topological polar surface area (TPSA) is 98.7 Å². The van der Waals surface area contributed by atoms with Crippen LogP contribution in [0.4, 0.5) is 4.79 Å². The molecule has 55 heavy (non-hydrogen) atoms. The maximum Gasteiger partial charge on any atom is 0.407 e. The number of hydrogen-bond acceptors (Lipinski definition) is 3. The summed E-state index contributed by atoms with van der Waals surface area (Å²) in [5, 5.41) is 16.2. The quantitative estimate of drug-likeness (QED) is 0.168. The van der Waals surface area contributed by atoms with E-state index in [1.54, 1.807) is 5.57 Å². The van der Waals surface area contributed by atoms with Crippen LogP contribution in [0.3, 0.4) is 0 Å². The van der Waals surface area contributed by atoms with Crippen LogP contribution in [0.15, 0.2) is 60.2 Å². The van der Waals surface area contributed by atoms with Gasteiger partial charge in [0, 0.05) is 44.4 Å². The molecule has 0 unspecified atom stereocenters. The van der Waals surface area contributed by atoms with Gasteiger partial charge in [0.2, 0.25) is 11.8 Å². The highest BCUT2D eigenvalue weighted by molar-refractivity contribution is 5.80. The zero-order chi connectivity index (χ0) is 38.9. The van der Waals surface area contributed by atoms with Gasteiger partial charge >= 0.3 is 6.09 Å². The van der Waals surface area contributed by atoms with Crippen molar-refractivity contribution in [1.29, 1.82) is 0 Å². The van der Waals surface area contributed by atoms with E-state index < -0.39 is 6.09 Å². The van der Waals surface area contributed by atoms with Crippen LogP contribution >= 0.6 is 0 Å². The molecule has 298 valence electrons. The molecule has 8 atom stereocenters. The Labute approximate surface area is 330 Å². The Bertz CT molecular complexity index is 1710. The molecule has 0 aliphatic heterocycles. The molecule has 3 amide bonds. The van der Waals surface area contributed by atoms with Gasteiger partial charge in [0.15, 0.2) is 0 Å². The van der Waals surface area contributed by atoms with E-state index in [2.05, 4.69) is 75.6 Å². The fourth-order valence-corrected chi connectivity index (χ4v) is 12.7. The molecule has 3 saturated carbocycles. The lowest BCUT2D eigenvalue weighted by Gasteiger charge is -2.58. The minimum absolute atomic E-state index is 0.0261. The summed E-state index contributed by atoms with van der Waals surface area (Å²) in [7, 11) is 0. The third kappa shape index (κ3) is 8.01. The van der Waals surface area contributed by atoms with Crippen molar-refractivity contribution < 1.29 is 19.5 Å². The molecule has 5 aliphatic rings. The molecule has 7 heteroatoms. The molecule has 0 aromatic heterocycles. The molecule has 0 spiro atoms. The molecule has 3 fully saturated rings. The molecule has 3 N–H and O–H groups in total. The summed E-state index contributed by atoms with van der Waals surface area (Å²) in [5.74, 6) is 4.57. The first kappa shape index (κ1) is 39.6. The second-order valence-electron chi connectivity index (χ2n) is 19.1. The molecule has 0 radical (unpaired) electrons. The van der Waals surface area contributed by atoms with Gasteiger partial charge in [-0.25, -0.2) is 4.79 Å². The van der Waals surface area contributed by atoms with E-state index in [9.17, 15) is 19.5 Å². The molecule has 2 aromatic rings. The highest BCUT2D eigenvalue weighted by atomic mass is 16.4. The van der Waals surface area contributed by atoms with Gasteiger partial charge in [0.05, 0.1) is 0 Å². The van der Waals surface area contributed by atoms with E-state index in [1.807, 2.05) is 24.3 Å². The first-order chi connectivity index (χ1) is 26.4. The smallest absolute Gasteiger partial charge is 0.407 e. The lowest BCUT2D eigenvalue weighted by molar-refractivity contribution is -0.123. The normalized spacial score (nSPS) is 29.9. The van der Waals surface area contributed by atoms with Crippen LogP contribution < -0.4 is 10.6 Å². The maximum atomic E-state index is 13.1. The van der Waals surface area contributed by atoms with Crippen LogP contribution in [0.1, 0.15) is 135 Å². The van der Waals surface area contributed by atoms with E-state index in [0.29, 0.717) is 5.41 Å². The van der Waals surface area contributed by atoms with Crippen LogP contribution in [-0.2, 0) is 9.59 Å². The van der Waals surface area contributed by atoms with Crippen molar-refractivity contribution in [2.45, 2.75) is 130 Å². The largest absolute Gasteiger partial charge is 0.465 e. The SMILES string of the molecule is CC(C)CCC[C@@H](C)[C@H]1CC[C@H]2[C@@H]3CC=C4C[C@@H](NC(=O)CCNC(=O)CCN(CC5c6ccccc6-c6ccccc65)C(=O)O)CC[C@]4(C)[C@H]3CC[C@]12C. The van der Waals surface area contributed by atoms with Gasteiger partial charge in [-0.2, -0.15) is 0 Å². The van der Waals surface area contributed by atoms with Gasteiger partial charge in [0.1, 0.15) is 0 Å². The number of fused-ring (bicyclic) bond motifs is 8. The fourth-order valence-electron chi connectivity index (χ4n) is 12.7. The van der Waals surface area contributed by atoms with Gasteiger partial charge in [-0.05, 0) is 120 Å². The summed E-state index contributed by atoms with van der Waals surface area (Å²) in [4.78, 5) is 39.5. The van der Waals surface area contributed by atoms with Gasteiger partial charge in [-0.1, -0.05) is 114 Å². The minimum atomic E-state index is -1.03. The number of carbonyl (C=O) groups excluding carboxylic acids is 2. The molecular formula is C48H67N3O4. The van der Waals surface area contributed by atoms with Gasteiger partial charge in [0.25, 0.3) is 0 Å². The standard InChI is InChI=1S/C48H67N3O4/c1-31(2)11-10-12-32(3)41-19-20-42-39-18-17-33-29-34(21-25-47(33,4)43(39)22-26-48(41,42)5)50-45(53)23-27-49-44(52)24-28-51(46(54)55)30-40-37-15-8-6-13-35(37)36-14-7-9-16-38(36)40/h6-9,13-17,31-32,34,39-43H,10-12,18-30H2,1-5H3,(H,49,52)(H,50,53)(H,54,55)/t32-,34+,39+,41-,42+,43+,47+,48-/m1/s1. The van der Waals surface area contributed by atoms with E-state index in [0.717, 1.165) is 77.0 Å². The lowest BCUT2D eigenvalue weighted by Crippen LogP contribution is -2.52. The molecule has 0 heterocycles. The molecular weight excluding hydrogens is 683 g/mol. The van der Waals surface area contributed by atoms with Crippen LogP contribution in [-0.4, -0.2) is 53.6 Å². The summed E-state index contributed by atoms with van der Waals surface area (Å²) in [5.41, 5.74) is 6.83. The zero-order valence-electron chi connectivity index (χ0n) is 34.2. The van der Waals surface area contributed by atoms with Gasteiger partial charge in [-0.3, -0.25) is 9.59 Å². The number of amides is 3. The highest BCUT2D eigenvalue weighted by Crippen LogP contribution is 2.67. The molecule has 7 nitrogen and oxygen atoms in total. The molecule has 0 saturated heterocycles. The second kappa shape index (κ2) is 16.5. The monoisotopic (exact) mass is 750 g/mol. The summed E-state index contributed by atoms with van der Waals surface area (Å²) in [6.07, 6.45) is 15.8. The predicted molar refractivity (Wildman–Crippen MR) is 221 cm³/mol. The van der Waals surface area contributed by atoms with Crippen molar-refractivity contribution in [2.75, 3.05) is 19.6 Å². The van der Waals surface area contributed by atoms with Crippen LogP contribution in [0.25, 0.3) is 11.1 Å². The van der Waals surface area contributed by atoms with Gasteiger partial charge in [-0.15, -0.1) is 0 Å². The number of benzene rings is 2. The Morgan fingerprint density at radius 2 is 1.56 bits per heavy atom. The molecule has 7 rings (SSSR count). The summed E-state index contributed by atoms with van der Waals surface area (Å²) in [6, 6.07) is 16.4.